The highest BCUT2D eigenvalue weighted by Crippen LogP contribution is 2.34. The fourth-order valence-electron chi connectivity index (χ4n) is 3.21. The van der Waals surface area contributed by atoms with Crippen LogP contribution in [0.4, 0.5) is 10.5 Å². The minimum Gasteiger partial charge on any atom is -0.387 e. The van der Waals surface area contributed by atoms with Crippen LogP contribution in [0.3, 0.4) is 0 Å². The van der Waals surface area contributed by atoms with Gasteiger partial charge in [0.05, 0.1) is 36.0 Å². The molecule has 5 nitrogen and oxygen atoms in total. The predicted octanol–water partition coefficient (Wildman–Crippen LogP) is 2.21. The zero-order chi connectivity index (χ0) is 15.3. The van der Waals surface area contributed by atoms with E-state index in [9.17, 15) is 15.2 Å². The van der Waals surface area contributed by atoms with Gasteiger partial charge < -0.3 is 5.11 Å². The van der Waals surface area contributed by atoms with Crippen LogP contribution in [-0.2, 0) is 0 Å². The number of carbonyl (C=O) groups excluding carboxylic acids is 1. The summed E-state index contributed by atoms with van der Waals surface area (Å²) in [7, 11) is 0. The van der Waals surface area contributed by atoms with E-state index in [1.165, 1.54) is 0 Å². The first-order valence-corrected chi connectivity index (χ1v) is 7.09. The van der Waals surface area contributed by atoms with Crippen molar-refractivity contribution in [3.05, 3.63) is 54.2 Å². The Balaban J connectivity index is 1.85. The first-order chi connectivity index (χ1) is 10.7. The number of anilines is 1. The summed E-state index contributed by atoms with van der Waals surface area (Å²) in [6.07, 6.45) is 2.65. The summed E-state index contributed by atoms with van der Waals surface area (Å²) in [5.74, 6) is 0. The Labute approximate surface area is 127 Å². The van der Waals surface area contributed by atoms with Gasteiger partial charge in [0.25, 0.3) is 0 Å². The number of benzene rings is 2. The molecular weight excluding hydrogens is 278 g/mol. The van der Waals surface area contributed by atoms with E-state index in [0.29, 0.717) is 12.1 Å². The molecule has 0 spiro atoms. The lowest BCUT2D eigenvalue weighted by Gasteiger charge is -2.19. The average molecular weight is 291 g/mol. The molecule has 0 aliphatic carbocycles. The third-order valence-corrected chi connectivity index (χ3v) is 4.33. The minimum atomic E-state index is -0.626. The molecule has 1 N–H and O–H groups in total. The fraction of sp³-hybridized carbons (Fsp3) is 0.176. The van der Waals surface area contributed by atoms with Gasteiger partial charge in [-0.1, -0.05) is 24.3 Å². The van der Waals surface area contributed by atoms with Crippen LogP contribution in [0.1, 0.15) is 5.56 Å². The van der Waals surface area contributed by atoms with E-state index in [1.54, 1.807) is 34.2 Å². The molecule has 22 heavy (non-hydrogen) atoms. The molecule has 2 atom stereocenters. The van der Waals surface area contributed by atoms with Gasteiger partial charge in [0.15, 0.2) is 0 Å². The largest absolute Gasteiger partial charge is 0.387 e. The Bertz CT molecular complexity index is 853. The van der Waals surface area contributed by atoms with E-state index in [1.807, 2.05) is 24.3 Å². The number of amides is 2. The molecule has 2 aliphatic heterocycles. The number of hydrogen-bond donors (Lipinski definition) is 1. The maximum atomic E-state index is 12.6. The first-order valence-electron chi connectivity index (χ1n) is 7.09. The normalized spacial score (nSPS) is 23.2. The highest BCUT2D eigenvalue weighted by atomic mass is 16.3. The summed E-state index contributed by atoms with van der Waals surface area (Å²) in [5.41, 5.74) is 1.36. The van der Waals surface area contributed by atoms with E-state index >= 15 is 0 Å². The number of nitrogens with zero attached hydrogens (tertiary/aromatic N) is 3. The van der Waals surface area contributed by atoms with Crippen molar-refractivity contribution >= 4 is 22.5 Å². The molecule has 0 unspecified atom stereocenters. The van der Waals surface area contributed by atoms with Gasteiger partial charge in [0.1, 0.15) is 0 Å². The number of fused-ring (bicyclic) bond motifs is 2. The molecule has 108 valence electrons. The zero-order valence-electron chi connectivity index (χ0n) is 11.7. The lowest BCUT2D eigenvalue weighted by Crippen LogP contribution is -2.32. The molecule has 4 rings (SSSR count). The predicted molar refractivity (Wildman–Crippen MR) is 82.2 cm³/mol. The highest BCUT2D eigenvalue weighted by molar-refractivity contribution is 6.06. The minimum absolute atomic E-state index is 0.146. The quantitative estimate of drug-likeness (QED) is 0.876. The molecule has 2 aliphatic rings. The second kappa shape index (κ2) is 4.58. The summed E-state index contributed by atoms with van der Waals surface area (Å²) in [4.78, 5) is 15.8. The summed E-state index contributed by atoms with van der Waals surface area (Å²) >= 11 is 0. The maximum Gasteiger partial charge on any atom is 0.328 e. The van der Waals surface area contributed by atoms with Crippen LogP contribution in [0, 0.1) is 11.3 Å². The number of hydrogen-bond acceptors (Lipinski definition) is 3. The van der Waals surface area contributed by atoms with Crippen molar-refractivity contribution in [3.63, 3.8) is 0 Å². The summed E-state index contributed by atoms with van der Waals surface area (Å²) < 4.78 is 0. The second-order valence-corrected chi connectivity index (χ2v) is 5.49. The van der Waals surface area contributed by atoms with Crippen LogP contribution in [-0.4, -0.2) is 34.7 Å². The summed E-state index contributed by atoms with van der Waals surface area (Å²) in [6, 6.07) is 12.9. The van der Waals surface area contributed by atoms with Crippen molar-refractivity contribution in [3.8, 4) is 6.07 Å². The third kappa shape index (κ3) is 1.65. The molecule has 1 saturated heterocycles. The lowest BCUT2D eigenvalue weighted by atomic mass is 10.0. The van der Waals surface area contributed by atoms with E-state index in [-0.39, 0.29) is 12.1 Å². The smallest absolute Gasteiger partial charge is 0.328 e. The summed E-state index contributed by atoms with van der Waals surface area (Å²) in [6.45, 7) is 0.433. The highest BCUT2D eigenvalue weighted by Gasteiger charge is 2.43. The van der Waals surface area contributed by atoms with Gasteiger partial charge in [-0.05, 0) is 18.2 Å². The zero-order valence-corrected chi connectivity index (χ0v) is 11.7. The van der Waals surface area contributed by atoms with Gasteiger partial charge in [0, 0.05) is 17.0 Å². The van der Waals surface area contributed by atoms with Gasteiger partial charge in [-0.2, -0.15) is 5.26 Å². The number of aliphatic hydroxyl groups excluding tert-OH is 1. The standard InChI is InChI=1S/C17H13N3O2/c18-9-11-5-6-14(13-4-2-1-3-12(11)13)20-10-15-16(21)7-8-19(15)17(20)22/h1-8,15-16,21H,10H2/t15-,16-/m1/s1. The second-order valence-electron chi connectivity index (χ2n) is 5.49. The van der Waals surface area contributed by atoms with Crippen LogP contribution in [0.5, 0.6) is 0 Å². The molecule has 0 bridgehead atoms. The van der Waals surface area contributed by atoms with E-state index < -0.39 is 6.10 Å². The Hall–Kier alpha value is -2.84. The van der Waals surface area contributed by atoms with Crippen LogP contribution < -0.4 is 4.90 Å². The molecule has 0 radical (unpaired) electrons. The first kappa shape index (κ1) is 12.9. The van der Waals surface area contributed by atoms with Crippen LogP contribution >= 0.6 is 0 Å². The molecule has 0 aromatic heterocycles. The van der Waals surface area contributed by atoms with Gasteiger partial charge in [-0.15, -0.1) is 0 Å². The molecular formula is C17H13N3O2. The van der Waals surface area contributed by atoms with Gasteiger partial charge >= 0.3 is 6.03 Å². The van der Waals surface area contributed by atoms with Crippen molar-refractivity contribution in [2.45, 2.75) is 12.1 Å². The molecule has 5 heteroatoms. The van der Waals surface area contributed by atoms with Gasteiger partial charge in [-0.3, -0.25) is 9.80 Å². The van der Waals surface area contributed by atoms with Crippen LogP contribution in [0.15, 0.2) is 48.7 Å². The maximum absolute atomic E-state index is 12.6. The number of urea groups is 1. The summed E-state index contributed by atoms with van der Waals surface area (Å²) in [5, 5.41) is 20.9. The van der Waals surface area contributed by atoms with E-state index in [2.05, 4.69) is 6.07 Å². The number of aliphatic hydroxyl groups is 1. The van der Waals surface area contributed by atoms with E-state index in [4.69, 9.17) is 0 Å². The van der Waals surface area contributed by atoms with Gasteiger partial charge in [0.2, 0.25) is 0 Å². The monoisotopic (exact) mass is 291 g/mol. The third-order valence-electron chi connectivity index (χ3n) is 4.33. The molecule has 0 saturated carbocycles. The van der Waals surface area contributed by atoms with Crippen molar-refractivity contribution in [2.75, 3.05) is 11.4 Å². The SMILES string of the molecule is N#Cc1ccc(N2C[C@@H]3[C@H](O)C=CN3C2=O)c2ccccc12. The topological polar surface area (TPSA) is 67.6 Å². The van der Waals surface area contributed by atoms with Crippen LogP contribution in [0.25, 0.3) is 10.8 Å². The molecule has 2 aromatic carbocycles. The molecule has 2 aromatic rings. The van der Waals surface area contributed by atoms with Crippen molar-refractivity contribution in [1.82, 2.24) is 4.90 Å². The van der Waals surface area contributed by atoms with Crippen molar-refractivity contribution in [1.29, 1.82) is 5.26 Å². The van der Waals surface area contributed by atoms with E-state index in [0.717, 1.165) is 16.5 Å². The Kier molecular flexibility index (Phi) is 2.68. The van der Waals surface area contributed by atoms with Crippen molar-refractivity contribution in [2.24, 2.45) is 0 Å². The number of nitriles is 1. The number of carbonyl (C=O) groups is 1. The Morgan fingerprint density at radius 3 is 2.68 bits per heavy atom. The fourth-order valence-corrected chi connectivity index (χ4v) is 3.21. The molecule has 2 amide bonds. The average Bonchev–Trinajstić information content (AvgIpc) is 3.07. The Morgan fingerprint density at radius 1 is 1.18 bits per heavy atom. The van der Waals surface area contributed by atoms with Crippen molar-refractivity contribution < 1.29 is 9.90 Å². The molecule has 1 fully saturated rings. The van der Waals surface area contributed by atoms with Crippen LogP contribution in [0.2, 0.25) is 0 Å². The van der Waals surface area contributed by atoms with Gasteiger partial charge in [-0.25, -0.2) is 4.79 Å². The number of rotatable bonds is 1. The Morgan fingerprint density at radius 2 is 1.95 bits per heavy atom. The lowest BCUT2D eigenvalue weighted by molar-refractivity contribution is 0.162. The molecule has 2 heterocycles.